The molecule has 2 aliphatic rings. The quantitative estimate of drug-likeness (QED) is 0.748. The zero-order valence-electron chi connectivity index (χ0n) is 17.0. The lowest BCUT2D eigenvalue weighted by atomic mass is 9.73. The number of benzene rings is 2. The third-order valence-electron chi connectivity index (χ3n) is 6.29. The second-order valence-corrected chi connectivity index (χ2v) is 8.07. The Morgan fingerprint density at radius 3 is 2.55 bits per heavy atom. The van der Waals surface area contributed by atoms with Gasteiger partial charge in [0.25, 0.3) is 0 Å². The number of halogens is 1. The molecule has 0 bridgehead atoms. The zero-order chi connectivity index (χ0) is 20.3. The highest BCUT2D eigenvalue weighted by atomic mass is 19.1. The Labute approximate surface area is 171 Å². The van der Waals surface area contributed by atoms with E-state index in [-0.39, 0.29) is 11.7 Å². The minimum atomic E-state index is -0.459. The van der Waals surface area contributed by atoms with Crippen molar-refractivity contribution in [1.82, 2.24) is 4.90 Å². The molecule has 2 aromatic carbocycles. The van der Waals surface area contributed by atoms with Crippen molar-refractivity contribution in [2.75, 3.05) is 33.4 Å². The summed E-state index contributed by atoms with van der Waals surface area (Å²) in [6, 6.07) is 12.5. The van der Waals surface area contributed by atoms with Crippen molar-refractivity contribution in [2.45, 2.75) is 32.1 Å². The van der Waals surface area contributed by atoms with E-state index in [1.165, 1.54) is 12.1 Å². The molecule has 2 aliphatic heterocycles. The molecule has 5 heteroatoms. The molecule has 0 N–H and O–H groups in total. The molecule has 2 saturated heterocycles. The normalized spacial score (nSPS) is 18.6. The summed E-state index contributed by atoms with van der Waals surface area (Å²) in [6.07, 6.45) is 4.22. The largest absolute Gasteiger partial charge is 0.496 e. The highest BCUT2D eigenvalue weighted by Gasteiger charge is 2.43. The van der Waals surface area contributed by atoms with E-state index in [4.69, 9.17) is 9.47 Å². The Kier molecular flexibility index (Phi) is 5.86. The highest BCUT2D eigenvalue weighted by Crippen LogP contribution is 2.41. The fraction of sp³-hybridized carbons (Fsp3) is 0.458. The van der Waals surface area contributed by atoms with Crippen molar-refractivity contribution >= 4 is 5.91 Å². The van der Waals surface area contributed by atoms with Gasteiger partial charge in [-0.3, -0.25) is 4.79 Å². The van der Waals surface area contributed by atoms with Crippen LogP contribution in [0.25, 0.3) is 11.1 Å². The van der Waals surface area contributed by atoms with E-state index in [2.05, 4.69) is 0 Å². The van der Waals surface area contributed by atoms with E-state index in [0.29, 0.717) is 25.4 Å². The summed E-state index contributed by atoms with van der Waals surface area (Å²) in [5.74, 6) is 0.578. The van der Waals surface area contributed by atoms with Gasteiger partial charge in [-0.1, -0.05) is 24.3 Å². The summed E-state index contributed by atoms with van der Waals surface area (Å²) in [7, 11) is 1.59. The SMILES string of the molecule is COc1ccc(F)cc1-c1ccccc1CC1(C(=O)N2CCCC2)CCOCC1. The Balaban J connectivity index is 1.73. The number of rotatable bonds is 5. The van der Waals surface area contributed by atoms with Gasteiger partial charge >= 0.3 is 0 Å². The van der Waals surface area contributed by atoms with Gasteiger partial charge in [-0.25, -0.2) is 4.39 Å². The van der Waals surface area contributed by atoms with E-state index in [1.54, 1.807) is 13.2 Å². The van der Waals surface area contributed by atoms with Crippen molar-refractivity contribution in [3.8, 4) is 16.9 Å². The molecular formula is C24H28FNO3. The van der Waals surface area contributed by atoms with Gasteiger partial charge in [0, 0.05) is 31.9 Å². The molecule has 0 atom stereocenters. The second kappa shape index (κ2) is 8.54. The van der Waals surface area contributed by atoms with Crippen LogP contribution in [0.3, 0.4) is 0 Å². The molecule has 0 unspecified atom stereocenters. The Morgan fingerprint density at radius 2 is 1.83 bits per heavy atom. The molecule has 29 heavy (non-hydrogen) atoms. The van der Waals surface area contributed by atoms with E-state index >= 15 is 0 Å². The highest BCUT2D eigenvalue weighted by molar-refractivity contribution is 5.84. The van der Waals surface area contributed by atoms with E-state index in [0.717, 1.165) is 55.5 Å². The topological polar surface area (TPSA) is 38.8 Å². The number of methoxy groups -OCH3 is 1. The lowest BCUT2D eigenvalue weighted by molar-refractivity contribution is -0.146. The third kappa shape index (κ3) is 4.01. The Morgan fingerprint density at radius 1 is 1.10 bits per heavy atom. The molecule has 4 nitrogen and oxygen atoms in total. The first-order valence-corrected chi connectivity index (χ1v) is 10.4. The first-order chi connectivity index (χ1) is 14.1. The molecule has 1 amide bonds. The minimum absolute atomic E-state index is 0.249. The maximum absolute atomic E-state index is 14.0. The van der Waals surface area contributed by atoms with Crippen molar-refractivity contribution in [3.05, 3.63) is 53.8 Å². The maximum Gasteiger partial charge on any atom is 0.229 e. The Hall–Kier alpha value is -2.40. The standard InChI is InChI=1S/C24H28FNO3/c1-28-22-9-8-19(25)16-21(22)20-7-3-2-6-18(20)17-24(10-14-29-15-11-24)23(27)26-12-4-5-13-26/h2-3,6-9,16H,4-5,10-15,17H2,1H3. The smallest absolute Gasteiger partial charge is 0.229 e. The average molecular weight is 397 g/mol. The van der Waals surface area contributed by atoms with Crippen LogP contribution in [0.4, 0.5) is 4.39 Å². The van der Waals surface area contributed by atoms with Crippen molar-refractivity contribution < 1.29 is 18.7 Å². The van der Waals surface area contributed by atoms with Gasteiger partial charge in [0.05, 0.1) is 12.5 Å². The molecule has 0 saturated carbocycles. The number of carbonyl (C=O) groups excluding carboxylic acids is 1. The number of hydrogen-bond acceptors (Lipinski definition) is 3. The van der Waals surface area contributed by atoms with Crippen molar-refractivity contribution in [1.29, 1.82) is 0 Å². The van der Waals surface area contributed by atoms with Crippen LogP contribution in [0.15, 0.2) is 42.5 Å². The second-order valence-electron chi connectivity index (χ2n) is 8.07. The van der Waals surface area contributed by atoms with Crippen molar-refractivity contribution in [3.63, 3.8) is 0 Å². The Bertz CT molecular complexity index is 870. The van der Waals surface area contributed by atoms with Crippen LogP contribution in [0.5, 0.6) is 5.75 Å². The maximum atomic E-state index is 14.0. The van der Waals surface area contributed by atoms with Crippen LogP contribution in [-0.4, -0.2) is 44.2 Å². The van der Waals surface area contributed by atoms with Crippen LogP contribution in [0, 0.1) is 11.2 Å². The van der Waals surface area contributed by atoms with Crippen LogP contribution in [0.2, 0.25) is 0 Å². The van der Waals surface area contributed by atoms with Crippen molar-refractivity contribution in [2.24, 2.45) is 5.41 Å². The van der Waals surface area contributed by atoms with Crippen LogP contribution >= 0.6 is 0 Å². The van der Waals surface area contributed by atoms with Gasteiger partial charge in [0.2, 0.25) is 5.91 Å². The zero-order valence-corrected chi connectivity index (χ0v) is 17.0. The van der Waals surface area contributed by atoms with E-state index < -0.39 is 5.41 Å². The number of carbonyl (C=O) groups is 1. The molecule has 0 radical (unpaired) electrons. The number of nitrogens with zero attached hydrogens (tertiary/aromatic N) is 1. The summed E-state index contributed by atoms with van der Waals surface area (Å²) < 4.78 is 25.1. The number of ether oxygens (including phenoxy) is 2. The van der Waals surface area contributed by atoms with Gasteiger partial charge in [-0.05, 0) is 61.4 Å². The van der Waals surface area contributed by atoms with Gasteiger partial charge < -0.3 is 14.4 Å². The van der Waals surface area contributed by atoms with E-state index in [1.807, 2.05) is 29.2 Å². The fourth-order valence-corrected chi connectivity index (χ4v) is 4.68. The molecule has 4 rings (SSSR count). The van der Waals surface area contributed by atoms with Crippen LogP contribution < -0.4 is 4.74 Å². The summed E-state index contributed by atoms with van der Waals surface area (Å²) in [4.78, 5) is 15.6. The number of amides is 1. The third-order valence-corrected chi connectivity index (χ3v) is 6.29. The molecular weight excluding hydrogens is 369 g/mol. The minimum Gasteiger partial charge on any atom is -0.496 e. The summed E-state index contributed by atoms with van der Waals surface area (Å²) in [6.45, 7) is 2.90. The van der Waals surface area contributed by atoms with Crippen LogP contribution in [-0.2, 0) is 16.0 Å². The summed E-state index contributed by atoms with van der Waals surface area (Å²) in [5, 5.41) is 0. The number of hydrogen-bond donors (Lipinski definition) is 0. The predicted octanol–water partition coefficient (Wildman–Crippen LogP) is 4.46. The molecule has 0 aliphatic carbocycles. The predicted molar refractivity (Wildman–Crippen MR) is 110 cm³/mol. The lowest BCUT2D eigenvalue weighted by Gasteiger charge is -2.39. The molecule has 2 heterocycles. The fourth-order valence-electron chi connectivity index (χ4n) is 4.68. The van der Waals surface area contributed by atoms with E-state index in [9.17, 15) is 9.18 Å². The monoisotopic (exact) mass is 397 g/mol. The van der Waals surface area contributed by atoms with Gasteiger partial charge in [-0.2, -0.15) is 0 Å². The molecule has 0 spiro atoms. The molecule has 2 aromatic rings. The van der Waals surface area contributed by atoms with Crippen LogP contribution in [0.1, 0.15) is 31.2 Å². The molecule has 2 fully saturated rings. The average Bonchev–Trinajstić information content (AvgIpc) is 3.29. The van der Waals surface area contributed by atoms with Gasteiger partial charge in [0.1, 0.15) is 11.6 Å². The first kappa shape index (κ1) is 19.9. The summed E-state index contributed by atoms with van der Waals surface area (Å²) >= 11 is 0. The first-order valence-electron chi connectivity index (χ1n) is 10.4. The van der Waals surface area contributed by atoms with Gasteiger partial charge in [0.15, 0.2) is 0 Å². The lowest BCUT2D eigenvalue weighted by Crippen LogP contribution is -2.47. The molecule has 154 valence electrons. The molecule has 0 aromatic heterocycles. The number of likely N-dealkylation sites (tertiary alicyclic amines) is 1. The summed E-state index contributed by atoms with van der Waals surface area (Å²) in [5.41, 5.74) is 2.23. The van der Waals surface area contributed by atoms with Gasteiger partial charge in [-0.15, -0.1) is 0 Å².